The molecule has 0 aromatic rings. The Bertz CT molecular complexity index is 206. The van der Waals surface area contributed by atoms with Crippen LogP contribution in [0.25, 0.3) is 0 Å². The van der Waals surface area contributed by atoms with Crippen LogP contribution in [0.15, 0.2) is 0 Å². The minimum atomic E-state index is -0.0959. The molecule has 3 nitrogen and oxygen atoms in total. The van der Waals surface area contributed by atoms with E-state index < -0.39 is 0 Å². The van der Waals surface area contributed by atoms with E-state index in [1.165, 1.54) is 0 Å². The van der Waals surface area contributed by atoms with E-state index >= 15 is 0 Å². The molecule has 0 saturated carbocycles. The summed E-state index contributed by atoms with van der Waals surface area (Å²) >= 11 is 1.90. The third kappa shape index (κ3) is 2.38. The largest absolute Gasteiger partial charge is 0.350 e. The summed E-state index contributed by atoms with van der Waals surface area (Å²) in [5.41, 5.74) is 0. The Morgan fingerprint density at radius 1 is 1.62 bits per heavy atom. The van der Waals surface area contributed by atoms with Gasteiger partial charge in [-0.2, -0.15) is 11.8 Å². The standard InChI is InChI=1S/C9H18N2OS/c1-6(10-4)8(12)11-7-5-13-9(7,2)3/h6-7,10H,5H2,1-4H3,(H,11,12). The van der Waals surface area contributed by atoms with E-state index in [4.69, 9.17) is 0 Å². The van der Waals surface area contributed by atoms with Gasteiger partial charge in [-0.1, -0.05) is 0 Å². The van der Waals surface area contributed by atoms with E-state index in [1.54, 1.807) is 7.05 Å². The molecule has 0 aromatic heterocycles. The van der Waals surface area contributed by atoms with Crippen molar-refractivity contribution in [3.05, 3.63) is 0 Å². The van der Waals surface area contributed by atoms with Crippen LogP contribution in [-0.4, -0.2) is 35.5 Å². The molecule has 2 atom stereocenters. The minimum Gasteiger partial charge on any atom is -0.350 e. The zero-order valence-corrected chi connectivity index (χ0v) is 9.49. The number of likely N-dealkylation sites (N-methyl/N-ethyl adjacent to an activating group) is 1. The molecule has 1 amide bonds. The molecular formula is C9H18N2OS. The van der Waals surface area contributed by atoms with Crippen molar-refractivity contribution in [2.75, 3.05) is 12.8 Å². The lowest BCUT2D eigenvalue weighted by Crippen LogP contribution is -2.59. The molecule has 1 saturated heterocycles. The van der Waals surface area contributed by atoms with Crippen molar-refractivity contribution in [1.29, 1.82) is 0 Å². The van der Waals surface area contributed by atoms with Crippen molar-refractivity contribution in [3.63, 3.8) is 0 Å². The maximum absolute atomic E-state index is 11.5. The summed E-state index contributed by atoms with van der Waals surface area (Å²) in [5.74, 6) is 1.13. The number of thioether (sulfide) groups is 1. The van der Waals surface area contributed by atoms with Gasteiger partial charge in [-0.3, -0.25) is 4.79 Å². The molecule has 1 fully saturated rings. The first-order chi connectivity index (χ1) is 5.97. The minimum absolute atomic E-state index is 0.0959. The van der Waals surface area contributed by atoms with Crippen LogP contribution in [0.3, 0.4) is 0 Å². The van der Waals surface area contributed by atoms with Gasteiger partial charge in [0.15, 0.2) is 0 Å². The molecule has 0 spiro atoms. The van der Waals surface area contributed by atoms with Crippen LogP contribution in [0.2, 0.25) is 0 Å². The fraction of sp³-hybridized carbons (Fsp3) is 0.889. The highest BCUT2D eigenvalue weighted by Gasteiger charge is 2.40. The lowest BCUT2D eigenvalue weighted by Gasteiger charge is -2.44. The Morgan fingerprint density at radius 3 is 2.54 bits per heavy atom. The van der Waals surface area contributed by atoms with Crippen molar-refractivity contribution in [3.8, 4) is 0 Å². The number of amides is 1. The van der Waals surface area contributed by atoms with Crippen LogP contribution in [0.4, 0.5) is 0 Å². The number of carbonyl (C=O) groups is 1. The lowest BCUT2D eigenvalue weighted by atomic mass is 10.0. The first-order valence-corrected chi connectivity index (χ1v) is 5.57. The van der Waals surface area contributed by atoms with Gasteiger partial charge in [-0.25, -0.2) is 0 Å². The molecule has 2 unspecified atom stereocenters. The zero-order chi connectivity index (χ0) is 10.1. The van der Waals surface area contributed by atoms with Gasteiger partial charge < -0.3 is 10.6 Å². The molecular weight excluding hydrogens is 184 g/mol. The molecule has 1 heterocycles. The summed E-state index contributed by atoms with van der Waals surface area (Å²) in [4.78, 5) is 11.5. The highest BCUT2D eigenvalue weighted by Crippen LogP contribution is 2.39. The highest BCUT2D eigenvalue weighted by molar-refractivity contribution is 8.02. The molecule has 1 aliphatic rings. The van der Waals surface area contributed by atoms with Crippen LogP contribution in [-0.2, 0) is 4.79 Å². The van der Waals surface area contributed by atoms with Gasteiger partial charge >= 0.3 is 0 Å². The van der Waals surface area contributed by atoms with Gasteiger partial charge in [-0.15, -0.1) is 0 Å². The summed E-state index contributed by atoms with van der Waals surface area (Å²) < 4.78 is 0.211. The molecule has 0 aliphatic carbocycles. The van der Waals surface area contributed by atoms with E-state index in [-0.39, 0.29) is 16.7 Å². The Labute approximate surface area is 84.0 Å². The number of hydrogen-bond donors (Lipinski definition) is 2. The average Bonchev–Trinajstić information content (AvgIpc) is 2.10. The third-order valence-electron chi connectivity index (χ3n) is 2.60. The Hall–Kier alpha value is -0.220. The van der Waals surface area contributed by atoms with Gasteiger partial charge in [0.25, 0.3) is 0 Å². The van der Waals surface area contributed by atoms with Gasteiger partial charge in [-0.05, 0) is 27.8 Å². The van der Waals surface area contributed by atoms with Gasteiger partial charge in [0.05, 0.1) is 12.1 Å². The monoisotopic (exact) mass is 202 g/mol. The van der Waals surface area contributed by atoms with Crippen molar-refractivity contribution in [1.82, 2.24) is 10.6 Å². The van der Waals surface area contributed by atoms with Crippen molar-refractivity contribution < 1.29 is 4.79 Å². The van der Waals surface area contributed by atoms with Crippen molar-refractivity contribution >= 4 is 17.7 Å². The molecule has 1 rings (SSSR count). The van der Waals surface area contributed by atoms with Gasteiger partial charge in [0.2, 0.25) is 5.91 Å². The van der Waals surface area contributed by atoms with Gasteiger partial charge in [0, 0.05) is 10.5 Å². The smallest absolute Gasteiger partial charge is 0.237 e. The molecule has 0 bridgehead atoms. The Balaban J connectivity index is 2.37. The van der Waals surface area contributed by atoms with E-state index in [0.717, 1.165) is 5.75 Å². The predicted octanol–water partition coefficient (Wildman–Crippen LogP) is 0.604. The first kappa shape index (κ1) is 10.9. The van der Waals surface area contributed by atoms with Crippen LogP contribution in [0, 0.1) is 0 Å². The Morgan fingerprint density at radius 2 is 2.23 bits per heavy atom. The molecule has 2 N–H and O–H groups in total. The molecule has 13 heavy (non-hydrogen) atoms. The van der Waals surface area contributed by atoms with Gasteiger partial charge in [0.1, 0.15) is 0 Å². The van der Waals surface area contributed by atoms with Crippen LogP contribution >= 0.6 is 11.8 Å². The quantitative estimate of drug-likeness (QED) is 0.704. The number of rotatable bonds is 3. The molecule has 76 valence electrons. The molecule has 4 heteroatoms. The number of carbonyl (C=O) groups excluding carboxylic acids is 1. The summed E-state index contributed by atoms with van der Waals surface area (Å²) in [5, 5.41) is 5.96. The summed E-state index contributed by atoms with van der Waals surface area (Å²) in [7, 11) is 1.80. The van der Waals surface area contributed by atoms with E-state index in [9.17, 15) is 4.79 Å². The lowest BCUT2D eigenvalue weighted by molar-refractivity contribution is -0.123. The first-order valence-electron chi connectivity index (χ1n) is 4.59. The summed E-state index contributed by atoms with van der Waals surface area (Å²) in [6.07, 6.45) is 0. The van der Waals surface area contributed by atoms with E-state index in [1.807, 2.05) is 18.7 Å². The van der Waals surface area contributed by atoms with Crippen LogP contribution in [0.1, 0.15) is 20.8 Å². The second kappa shape index (κ2) is 3.88. The van der Waals surface area contributed by atoms with Crippen LogP contribution < -0.4 is 10.6 Å². The molecule has 0 aromatic carbocycles. The highest BCUT2D eigenvalue weighted by atomic mass is 32.2. The second-order valence-electron chi connectivity index (χ2n) is 3.99. The maximum Gasteiger partial charge on any atom is 0.237 e. The second-order valence-corrected chi connectivity index (χ2v) is 5.66. The summed E-state index contributed by atoms with van der Waals surface area (Å²) in [6.45, 7) is 6.19. The van der Waals surface area contributed by atoms with Crippen molar-refractivity contribution in [2.24, 2.45) is 0 Å². The molecule has 1 aliphatic heterocycles. The topological polar surface area (TPSA) is 41.1 Å². The maximum atomic E-state index is 11.5. The average molecular weight is 202 g/mol. The zero-order valence-electron chi connectivity index (χ0n) is 8.68. The number of nitrogens with one attached hydrogen (secondary N) is 2. The fourth-order valence-electron chi connectivity index (χ4n) is 1.14. The van der Waals surface area contributed by atoms with Crippen molar-refractivity contribution in [2.45, 2.75) is 37.6 Å². The van der Waals surface area contributed by atoms with E-state index in [2.05, 4.69) is 24.5 Å². The number of hydrogen-bond acceptors (Lipinski definition) is 3. The van der Waals surface area contributed by atoms with Crippen LogP contribution in [0.5, 0.6) is 0 Å². The molecule has 0 radical (unpaired) electrons. The fourth-order valence-corrected chi connectivity index (χ4v) is 2.29. The van der Waals surface area contributed by atoms with E-state index in [0.29, 0.717) is 6.04 Å². The predicted molar refractivity (Wildman–Crippen MR) is 57.0 cm³/mol. The normalized spacial score (nSPS) is 27.5. The SMILES string of the molecule is CNC(C)C(=O)NC1CSC1(C)C. The third-order valence-corrected chi connectivity index (χ3v) is 4.13. The summed E-state index contributed by atoms with van der Waals surface area (Å²) in [6, 6.07) is 0.238. The Kier molecular flexibility index (Phi) is 3.24.